The Kier molecular flexibility index (Phi) is 6.75. The molecule has 31 heavy (non-hydrogen) atoms. The summed E-state index contributed by atoms with van der Waals surface area (Å²) in [6.07, 6.45) is 0.696. The average molecular weight is 441 g/mol. The minimum absolute atomic E-state index is 0.0177. The highest BCUT2D eigenvalue weighted by molar-refractivity contribution is 7.92. The number of rotatable bonds is 7. The molecule has 0 spiro atoms. The second kappa shape index (κ2) is 9.31. The zero-order valence-electron chi connectivity index (χ0n) is 17.7. The molecule has 0 unspecified atom stereocenters. The van der Waals surface area contributed by atoms with Crippen molar-refractivity contribution in [2.45, 2.75) is 31.2 Å². The number of carbonyl (C=O) groups excluding carboxylic acids is 1. The number of nitrogens with one attached hydrogen (secondary N) is 1. The molecule has 5 nitrogen and oxygen atoms in total. The van der Waals surface area contributed by atoms with Crippen LogP contribution in [0.5, 0.6) is 0 Å². The van der Waals surface area contributed by atoms with Crippen molar-refractivity contribution >= 4 is 21.6 Å². The summed E-state index contributed by atoms with van der Waals surface area (Å²) in [5, 5.41) is 3.00. The number of benzene rings is 3. The number of hydrogen-bond acceptors (Lipinski definition) is 3. The van der Waals surface area contributed by atoms with Crippen LogP contribution in [0.15, 0.2) is 77.7 Å². The van der Waals surface area contributed by atoms with Gasteiger partial charge in [-0.1, -0.05) is 37.3 Å². The SMILES string of the molecule is CC[C@@H](NC(=O)c1cccc(S(=O)(=O)N(C)c2ccc(F)cc2)c1)c1ccccc1C. The largest absolute Gasteiger partial charge is 0.345 e. The van der Waals surface area contributed by atoms with Gasteiger partial charge in [0, 0.05) is 12.6 Å². The Labute approximate surface area is 182 Å². The summed E-state index contributed by atoms with van der Waals surface area (Å²) in [5.41, 5.74) is 2.67. The minimum atomic E-state index is -3.92. The van der Waals surface area contributed by atoms with Gasteiger partial charge in [-0.2, -0.15) is 0 Å². The number of halogens is 1. The number of carbonyl (C=O) groups is 1. The highest BCUT2D eigenvalue weighted by atomic mass is 32.2. The lowest BCUT2D eigenvalue weighted by Crippen LogP contribution is -2.29. The van der Waals surface area contributed by atoms with Crippen LogP contribution in [-0.2, 0) is 10.0 Å². The highest BCUT2D eigenvalue weighted by Gasteiger charge is 2.23. The Morgan fingerprint density at radius 2 is 1.71 bits per heavy atom. The van der Waals surface area contributed by atoms with Gasteiger partial charge in [0.05, 0.1) is 16.6 Å². The second-order valence-corrected chi connectivity index (χ2v) is 9.24. The molecular weight excluding hydrogens is 415 g/mol. The van der Waals surface area contributed by atoms with Crippen LogP contribution in [0, 0.1) is 12.7 Å². The number of aryl methyl sites for hydroxylation is 1. The number of anilines is 1. The van der Waals surface area contributed by atoms with E-state index in [-0.39, 0.29) is 22.4 Å². The van der Waals surface area contributed by atoms with Gasteiger partial charge in [0.2, 0.25) is 0 Å². The molecule has 0 aliphatic heterocycles. The van der Waals surface area contributed by atoms with E-state index in [1.807, 2.05) is 38.1 Å². The van der Waals surface area contributed by atoms with Crippen molar-refractivity contribution < 1.29 is 17.6 Å². The van der Waals surface area contributed by atoms with E-state index in [4.69, 9.17) is 0 Å². The average Bonchev–Trinajstić information content (AvgIpc) is 2.78. The molecular formula is C24H25FN2O3S. The zero-order valence-corrected chi connectivity index (χ0v) is 18.5. The molecule has 1 amide bonds. The Balaban J connectivity index is 1.85. The topological polar surface area (TPSA) is 66.5 Å². The Bertz CT molecular complexity index is 1180. The van der Waals surface area contributed by atoms with Crippen LogP contribution in [0.1, 0.15) is 40.9 Å². The summed E-state index contributed by atoms with van der Waals surface area (Å²) in [4.78, 5) is 12.9. The van der Waals surface area contributed by atoms with Gasteiger partial charge in [-0.15, -0.1) is 0 Å². The summed E-state index contributed by atoms with van der Waals surface area (Å²) in [5.74, 6) is -0.802. The predicted molar refractivity (Wildman–Crippen MR) is 120 cm³/mol. The van der Waals surface area contributed by atoms with E-state index in [0.717, 1.165) is 15.4 Å². The van der Waals surface area contributed by atoms with E-state index in [9.17, 15) is 17.6 Å². The molecule has 0 saturated carbocycles. The molecule has 3 rings (SSSR count). The normalized spacial score (nSPS) is 12.3. The third-order valence-electron chi connectivity index (χ3n) is 5.22. The Morgan fingerprint density at radius 3 is 2.35 bits per heavy atom. The molecule has 0 heterocycles. The molecule has 3 aromatic carbocycles. The zero-order chi connectivity index (χ0) is 22.6. The molecule has 1 atom stereocenters. The van der Waals surface area contributed by atoms with Crippen LogP contribution in [0.4, 0.5) is 10.1 Å². The van der Waals surface area contributed by atoms with E-state index in [1.54, 1.807) is 6.07 Å². The minimum Gasteiger partial charge on any atom is -0.345 e. The van der Waals surface area contributed by atoms with Crippen LogP contribution in [-0.4, -0.2) is 21.4 Å². The predicted octanol–water partition coefficient (Wildman–Crippen LogP) is 4.84. The van der Waals surface area contributed by atoms with Crippen molar-refractivity contribution in [2.24, 2.45) is 0 Å². The third kappa shape index (κ3) is 4.94. The molecule has 7 heteroatoms. The van der Waals surface area contributed by atoms with E-state index in [1.165, 1.54) is 49.5 Å². The smallest absolute Gasteiger partial charge is 0.264 e. The number of sulfonamides is 1. The van der Waals surface area contributed by atoms with Crippen LogP contribution >= 0.6 is 0 Å². The van der Waals surface area contributed by atoms with Gasteiger partial charge in [-0.25, -0.2) is 12.8 Å². The Hall–Kier alpha value is -3.19. The molecule has 0 bridgehead atoms. The van der Waals surface area contributed by atoms with Gasteiger partial charge in [0.25, 0.3) is 15.9 Å². The van der Waals surface area contributed by atoms with Crippen LogP contribution in [0.25, 0.3) is 0 Å². The van der Waals surface area contributed by atoms with E-state index < -0.39 is 15.8 Å². The summed E-state index contributed by atoms with van der Waals surface area (Å²) in [6, 6.07) is 18.7. The van der Waals surface area contributed by atoms with Gasteiger partial charge in [-0.3, -0.25) is 9.10 Å². The monoisotopic (exact) mass is 440 g/mol. The number of hydrogen-bond donors (Lipinski definition) is 1. The fourth-order valence-corrected chi connectivity index (χ4v) is 4.61. The maximum atomic E-state index is 13.2. The fraction of sp³-hybridized carbons (Fsp3) is 0.208. The molecule has 0 aromatic heterocycles. The maximum Gasteiger partial charge on any atom is 0.264 e. The van der Waals surface area contributed by atoms with Crippen molar-refractivity contribution in [3.63, 3.8) is 0 Å². The molecule has 0 aliphatic carbocycles. The van der Waals surface area contributed by atoms with E-state index in [0.29, 0.717) is 12.1 Å². The van der Waals surface area contributed by atoms with Crippen molar-refractivity contribution in [3.05, 3.63) is 95.3 Å². The van der Waals surface area contributed by atoms with Crippen LogP contribution in [0.2, 0.25) is 0 Å². The molecule has 0 saturated heterocycles. The van der Waals surface area contributed by atoms with Gasteiger partial charge in [-0.05, 0) is 66.9 Å². The lowest BCUT2D eigenvalue weighted by atomic mass is 9.99. The third-order valence-corrected chi connectivity index (χ3v) is 7.00. The van der Waals surface area contributed by atoms with Gasteiger partial charge in [0.15, 0.2) is 0 Å². The van der Waals surface area contributed by atoms with E-state index in [2.05, 4.69) is 5.32 Å². The quantitative estimate of drug-likeness (QED) is 0.572. The van der Waals surface area contributed by atoms with Crippen LogP contribution < -0.4 is 9.62 Å². The first-order valence-corrected chi connectivity index (χ1v) is 11.4. The molecule has 162 valence electrons. The van der Waals surface area contributed by atoms with Gasteiger partial charge < -0.3 is 5.32 Å². The first-order chi connectivity index (χ1) is 14.7. The van der Waals surface area contributed by atoms with Crippen molar-refractivity contribution in [2.75, 3.05) is 11.4 Å². The summed E-state index contributed by atoms with van der Waals surface area (Å²) >= 11 is 0. The second-order valence-electron chi connectivity index (χ2n) is 7.27. The first kappa shape index (κ1) is 22.5. The maximum absolute atomic E-state index is 13.2. The molecule has 3 aromatic rings. The molecule has 1 N–H and O–H groups in total. The summed E-state index contributed by atoms with van der Waals surface area (Å²) in [6.45, 7) is 3.97. The van der Waals surface area contributed by atoms with Gasteiger partial charge >= 0.3 is 0 Å². The van der Waals surface area contributed by atoms with Crippen molar-refractivity contribution in [1.29, 1.82) is 0 Å². The van der Waals surface area contributed by atoms with Crippen LogP contribution in [0.3, 0.4) is 0 Å². The number of amides is 1. The number of nitrogens with zero attached hydrogens (tertiary/aromatic N) is 1. The lowest BCUT2D eigenvalue weighted by molar-refractivity contribution is 0.0935. The Morgan fingerprint density at radius 1 is 1.03 bits per heavy atom. The molecule has 0 aliphatic rings. The first-order valence-electron chi connectivity index (χ1n) is 9.95. The molecule has 0 radical (unpaired) electrons. The van der Waals surface area contributed by atoms with E-state index >= 15 is 0 Å². The lowest BCUT2D eigenvalue weighted by Gasteiger charge is -2.21. The van der Waals surface area contributed by atoms with Gasteiger partial charge in [0.1, 0.15) is 5.82 Å². The summed E-state index contributed by atoms with van der Waals surface area (Å²) in [7, 11) is -2.53. The summed E-state index contributed by atoms with van der Waals surface area (Å²) < 4.78 is 40.3. The fourth-order valence-electron chi connectivity index (χ4n) is 3.36. The van der Waals surface area contributed by atoms with Crippen molar-refractivity contribution in [3.8, 4) is 0 Å². The van der Waals surface area contributed by atoms with Crippen molar-refractivity contribution in [1.82, 2.24) is 5.32 Å². The standard InChI is InChI=1S/C24H25FN2O3S/c1-4-23(22-11-6-5-8-17(22)2)26-24(28)18-9-7-10-21(16-18)31(29,30)27(3)20-14-12-19(25)13-15-20/h5-16,23H,4H2,1-3H3,(H,26,28)/t23-/m1/s1. The molecule has 0 fully saturated rings. The highest BCUT2D eigenvalue weighted by Crippen LogP contribution is 2.24.